The number of aromatic nitrogens is 4. The van der Waals surface area contributed by atoms with Gasteiger partial charge in [-0.15, -0.1) is 0 Å². The number of ether oxygens (including phenoxy) is 1. The number of amides is 1. The third-order valence-corrected chi connectivity index (χ3v) is 11.1. The normalized spacial score (nSPS) is 19.1. The van der Waals surface area contributed by atoms with E-state index in [1.165, 1.54) is 26.9 Å². The lowest BCUT2D eigenvalue weighted by Crippen LogP contribution is -2.48. The molecule has 1 aliphatic rings. The average molecular weight is 669 g/mol. The van der Waals surface area contributed by atoms with Gasteiger partial charge in [-0.05, 0) is 78.4 Å². The molecule has 43 heavy (non-hydrogen) atoms. The molecule has 0 saturated heterocycles. The van der Waals surface area contributed by atoms with Crippen molar-refractivity contribution in [2.24, 2.45) is 7.05 Å². The third kappa shape index (κ3) is 4.70. The van der Waals surface area contributed by atoms with Gasteiger partial charge in [0, 0.05) is 24.2 Å². The number of carbonyl (C=O) groups is 1. The Morgan fingerprint density at radius 1 is 1.12 bits per heavy atom. The van der Waals surface area contributed by atoms with Crippen LogP contribution >= 0.6 is 15.9 Å². The number of hydrogen-bond donors (Lipinski definition) is 2. The number of hydrogen-bond acceptors (Lipinski definition) is 6. The standard InChI is InChI=1S/C30H30BrN5O6S/c1-30(33-28(37)38)15-13-19(14-16-30)35-25-22(34(2)29(35)39)17-32-27-24(25)23(18-9-11-20(42-3)12-10-18)26(31)36(27)43(40,41)21-7-5-4-6-8-21/h4-12,17,19,33H,13-16H2,1-3H3,(H,37,38)/t19-,30+. The van der Waals surface area contributed by atoms with E-state index in [1.807, 2.05) is 19.1 Å². The van der Waals surface area contributed by atoms with Gasteiger partial charge in [0.2, 0.25) is 0 Å². The molecule has 3 heterocycles. The minimum absolute atomic E-state index is 0.0960. The molecule has 2 N–H and O–H groups in total. The molecule has 1 amide bonds. The monoisotopic (exact) mass is 667 g/mol. The van der Waals surface area contributed by atoms with Gasteiger partial charge >= 0.3 is 11.8 Å². The van der Waals surface area contributed by atoms with Crippen molar-refractivity contribution in [3.05, 3.63) is 75.9 Å². The molecule has 13 heteroatoms. The Labute approximate surface area is 255 Å². The number of carboxylic acid groups (broad SMARTS) is 1. The van der Waals surface area contributed by atoms with E-state index < -0.39 is 21.7 Å². The molecular formula is C30H30BrN5O6S. The number of rotatable bonds is 6. The van der Waals surface area contributed by atoms with Crippen LogP contribution in [0.5, 0.6) is 5.75 Å². The molecule has 0 bridgehead atoms. The number of imidazole rings is 1. The van der Waals surface area contributed by atoms with E-state index in [2.05, 4.69) is 26.2 Å². The summed E-state index contributed by atoms with van der Waals surface area (Å²) in [5.41, 5.74) is 1.75. The molecule has 0 atom stereocenters. The van der Waals surface area contributed by atoms with Crippen molar-refractivity contribution in [3.63, 3.8) is 0 Å². The summed E-state index contributed by atoms with van der Waals surface area (Å²) in [6.45, 7) is 1.87. The number of fused-ring (bicyclic) bond motifs is 3. The van der Waals surface area contributed by atoms with Crippen LogP contribution in [0.2, 0.25) is 0 Å². The van der Waals surface area contributed by atoms with Crippen molar-refractivity contribution < 1.29 is 23.1 Å². The number of pyridine rings is 1. The topological polar surface area (TPSA) is 137 Å². The number of halogens is 1. The zero-order chi connectivity index (χ0) is 30.7. The summed E-state index contributed by atoms with van der Waals surface area (Å²) in [5.74, 6) is 0.639. The molecule has 0 radical (unpaired) electrons. The fourth-order valence-electron chi connectivity index (χ4n) is 6.17. The van der Waals surface area contributed by atoms with E-state index in [0.29, 0.717) is 59.0 Å². The van der Waals surface area contributed by atoms with Crippen molar-refractivity contribution in [1.29, 1.82) is 0 Å². The molecule has 0 spiro atoms. The van der Waals surface area contributed by atoms with Crippen molar-refractivity contribution in [2.45, 2.75) is 49.1 Å². The lowest BCUT2D eigenvalue weighted by molar-refractivity contribution is 0.158. The summed E-state index contributed by atoms with van der Waals surface area (Å²) >= 11 is 3.62. The van der Waals surface area contributed by atoms with Crippen molar-refractivity contribution in [3.8, 4) is 16.9 Å². The van der Waals surface area contributed by atoms with Gasteiger partial charge in [-0.2, -0.15) is 0 Å². The minimum atomic E-state index is -4.11. The zero-order valence-electron chi connectivity index (χ0n) is 23.7. The van der Waals surface area contributed by atoms with Gasteiger partial charge in [0.15, 0.2) is 5.65 Å². The number of benzene rings is 2. The average Bonchev–Trinajstić information content (AvgIpc) is 3.43. The Hall–Kier alpha value is -4.10. The third-order valence-electron chi connectivity index (χ3n) is 8.43. The predicted octanol–water partition coefficient (Wildman–Crippen LogP) is 5.51. The molecule has 3 aromatic heterocycles. The van der Waals surface area contributed by atoms with Crippen molar-refractivity contribution in [2.75, 3.05) is 7.11 Å². The molecule has 1 saturated carbocycles. The Balaban J connectivity index is 1.66. The summed E-state index contributed by atoms with van der Waals surface area (Å²) in [5, 5.41) is 12.5. The number of aryl methyl sites for hydroxylation is 1. The second-order valence-electron chi connectivity index (χ2n) is 11.1. The zero-order valence-corrected chi connectivity index (χ0v) is 26.1. The Morgan fingerprint density at radius 3 is 2.37 bits per heavy atom. The van der Waals surface area contributed by atoms with Crippen LogP contribution in [0.3, 0.4) is 0 Å². The quantitative estimate of drug-likeness (QED) is 0.244. The smallest absolute Gasteiger partial charge is 0.405 e. The Bertz CT molecular complexity index is 2040. The van der Waals surface area contributed by atoms with E-state index in [-0.39, 0.29) is 26.9 Å². The Morgan fingerprint density at radius 2 is 1.77 bits per heavy atom. The molecule has 0 unspecified atom stereocenters. The maximum Gasteiger partial charge on any atom is 0.405 e. The highest BCUT2D eigenvalue weighted by molar-refractivity contribution is 9.10. The maximum atomic E-state index is 14.1. The first-order valence-electron chi connectivity index (χ1n) is 13.7. The van der Waals surface area contributed by atoms with E-state index in [0.717, 1.165) is 0 Å². The van der Waals surface area contributed by atoms with Crippen LogP contribution in [-0.2, 0) is 17.1 Å². The fourth-order valence-corrected chi connectivity index (χ4v) is 8.72. The highest BCUT2D eigenvalue weighted by atomic mass is 79.9. The van der Waals surface area contributed by atoms with Crippen LogP contribution < -0.4 is 15.7 Å². The van der Waals surface area contributed by atoms with Crippen LogP contribution in [-0.4, -0.2) is 50.4 Å². The lowest BCUT2D eigenvalue weighted by atomic mass is 9.80. The molecule has 224 valence electrons. The van der Waals surface area contributed by atoms with E-state index in [4.69, 9.17) is 4.74 Å². The maximum absolute atomic E-state index is 14.1. The summed E-state index contributed by atoms with van der Waals surface area (Å²) in [4.78, 5) is 30.0. The van der Waals surface area contributed by atoms with Gasteiger partial charge in [0.05, 0.1) is 34.6 Å². The minimum Gasteiger partial charge on any atom is -0.497 e. The summed E-state index contributed by atoms with van der Waals surface area (Å²) < 4.78 is 38.3. The fraction of sp³-hybridized carbons (Fsp3) is 0.300. The molecular weight excluding hydrogens is 638 g/mol. The summed E-state index contributed by atoms with van der Waals surface area (Å²) in [6.07, 6.45) is 2.66. The van der Waals surface area contributed by atoms with Gasteiger partial charge in [0.1, 0.15) is 10.4 Å². The lowest BCUT2D eigenvalue weighted by Gasteiger charge is -2.37. The SMILES string of the molecule is COc1ccc(-c2c(Br)n(S(=O)(=O)c3ccccc3)c3ncc4c(c23)n([C@H]2CC[C@@](C)(NC(=O)O)CC2)c(=O)n4C)cc1. The van der Waals surface area contributed by atoms with Crippen LogP contribution in [0.15, 0.2) is 75.1 Å². The molecule has 2 aromatic carbocycles. The molecule has 1 aliphatic carbocycles. The van der Waals surface area contributed by atoms with Crippen molar-refractivity contribution >= 4 is 54.1 Å². The Kier molecular flexibility index (Phi) is 7.12. The van der Waals surface area contributed by atoms with Crippen LogP contribution in [0.4, 0.5) is 4.79 Å². The summed E-state index contributed by atoms with van der Waals surface area (Å²) in [6, 6.07) is 15.2. The first kappa shape index (κ1) is 29.0. The van der Waals surface area contributed by atoms with Crippen LogP contribution in [0.25, 0.3) is 33.2 Å². The molecule has 0 aliphatic heterocycles. The highest BCUT2D eigenvalue weighted by Crippen LogP contribution is 2.44. The first-order valence-corrected chi connectivity index (χ1v) is 16.0. The largest absolute Gasteiger partial charge is 0.497 e. The second kappa shape index (κ2) is 10.6. The van der Waals surface area contributed by atoms with Gasteiger partial charge < -0.3 is 15.2 Å². The molecule has 1 fully saturated rings. The van der Waals surface area contributed by atoms with E-state index >= 15 is 0 Å². The van der Waals surface area contributed by atoms with Gasteiger partial charge in [0.25, 0.3) is 10.0 Å². The van der Waals surface area contributed by atoms with Gasteiger partial charge in [-0.1, -0.05) is 30.3 Å². The number of methoxy groups -OCH3 is 1. The summed E-state index contributed by atoms with van der Waals surface area (Å²) in [7, 11) is -0.864. The second-order valence-corrected chi connectivity index (χ2v) is 13.6. The van der Waals surface area contributed by atoms with Crippen molar-refractivity contribution in [1.82, 2.24) is 23.4 Å². The molecule has 5 aromatic rings. The van der Waals surface area contributed by atoms with E-state index in [1.54, 1.807) is 49.1 Å². The van der Waals surface area contributed by atoms with Gasteiger partial charge in [-0.25, -0.2) is 27.0 Å². The van der Waals surface area contributed by atoms with Crippen LogP contribution in [0, 0.1) is 0 Å². The molecule has 11 nitrogen and oxygen atoms in total. The number of nitrogens with one attached hydrogen (secondary N) is 1. The number of nitrogens with zero attached hydrogens (tertiary/aromatic N) is 4. The molecule has 6 rings (SSSR count). The first-order chi connectivity index (χ1) is 20.5. The van der Waals surface area contributed by atoms with Gasteiger partial charge in [-0.3, -0.25) is 9.13 Å². The highest BCUT2D eigenvalue weighted by Gasteiger charge is 2.36. The van der Waals surface area contributed by atoms with E-state index in [9.17, 15) is 23.1 Å². The van der Waals surface area contributed by atoms with Crippen LogP contribution in [0.1, 0.15) is 38.6 Å². The predicted molar refractivity (Wildman–Crippen MR) is 166 cm³/mol.